The van der Waals surface area contributed by atoms with Crippen LogP contribution in [-0.2, 0) is 17.4 Å². The smallest absolute Gasteiger partial charge is 0.127 e. The summed E-state index contributed by atoms with van der Waals surface area (Å²) in [7, 11) is 0. The second-order valence-corrected chi connectivity index (χ2v) is 9.80. The van der Waals surface area contributed by atoms with E-state index in [2.05, 4.69) is 47.3 Å². The zero-order valence-electron chi connectivity index (χ0n) is 17.3. The van der Waals surface area contributed by atoms with Gasteiger partial charge in [-0.25, -0.2) is 0 Å². The first kappa shape index (κ1) is 20.2. The highest BCUT2D eigenvalue weighted by atomic mass is 16.3. The molecule has 0 unspecified atom stereocenters. The van der Waals surface area contributed by atoms with Gasteiger partial charge in [0.15, 0.2) is 0 Å². The Morgan fingerprint density at radius 3 is 1.72 bits per heavy atom. The van der Waals surface area contributed by atoms with E-state index in [0.29, 0.717) is 5.75 Å². The van der Waals surface area contributed by atoms with Gasteiger partial charge in [0.25, 0.3) is 0 Å². The summed E-state index contributed by atoms with van der Waals surface area (Å²) >= 11 is 0. The first-order chi connectivity index (χ1) is 11.5. The highest BCUT2D eigenvalue weighted by molar-refractivity contribution is 5.47. The van der Waals surface area contributed by atoms with Crippen molar-refractivity contribution in [1.29, 1.82) is 0 Å². The van der Waals surface area contributed by atoms with Crippen LogP contribution in [0.3, 0.4) is 0 Å². The number of phenolic OH excluding ortho intramolecular Hbond substituents is 1. The molecule has 1 aliphatic rings. The highest BCUT2D eigenvalue weighted by Gasteiger charge is 2.30. The van der Waals surface area contributed by atoms with Crippen molar-refractivity contribution in [1.82, 2.24) is 0 Å². The third-order valence-electron chi connectivity index (χ3n) is 5.47. The van der Waals surface area contributed by atoms with E-state index in [-0.39, 0.29) is 10.8 Å². The van der Waals surface area contributed by atoms with Gasteiger partial charge in [0, 0.05) is 5.56 Å². The monoisotopic (exact) mass is 350 g/mol. The maximum Gasteiger partial charge on any atom is 0.127 e. The van der Waals surface area contributed by atoms with Crippen molar-refractivity contribution < 1.29 is 20.6 Å². The standard InChI is InChI=1S/C21H37N3O/c1-20(2,3)18-13-16(25)14-19(21(4,5)6)17(18)15-24-11-9-23(8-7-22)10-12-24/h13-14,25H,7-12,15,22H2,1-6H3/p+3. The highest BCUT2D eigenvalue weighted by Crippen LogP contribution is 2.36. The molecule has 4 nitrogen and oxygen atoms in total. The van der Waals surface area contributed by atoms with Gasteiger partial charge in [-0.2, -0.15) is 0 Å². The van der Waals surface area contributed by atoms with Crippen LogP contribution in [0.25, 0.3) is 0 Å². The summed E-state index contributed by atoms with van der Waals surface area (Å²) < 4.78 is 0. The summed E-state index contributed by atoms with van der Waals surface area (Å²) in [5.74, 6) is 0.401. The first-order valence-electron chi connectivity index (χ1n) is 9.85. The molecule has 2 rings (SSSR count). The molecule has 0 saturated carbocycles. The van der Waals surface area contributed by atoms with Gasteiger partial charge >= 0.3 is 0 Å². The van der Waals surface area contributed by atoms with E-state index >= 15 is 0 Å². The molecule has 1 heterocycles. The Kier molecular flexibility index (Phi) is 6.18. The predicted molar refractivity (Wildman–Crippen MR) is 103 cm³/mol. The van der Waals surface area contributed by atoms with Gasteiger partial charge in [-0.1, -0.05) is 41.5 Å². The van der Waals surface area contributed by atoms with E-state index in [1.54, 1.807) is 9.80 Å². The average molecular weight is 351 g/mol. The molecule has 1 aromatic carbocycles. The molecule has 6 N–H and O–H groups in total. The van der Waals surface area contributed by atoms with Crippen molar-refractivity contribution in [2.75, 3.05) is 39.3 Å². The van der Waals surface area contributed by atoms with Gasteiger partial charge in [-0.05, 0) is 34.1 Å². The van der Waals surface area contributed by atoms with Crippen LogP contribution >= 0.6 is 0 Å². The number of benzene rings is 1. The molecule has 1 aromatic rings. The Morgan fingerprint density at radius 2 is 1.32 bits per heavy atom. The van der Waals surface area contributed by atoms with Gasteiger partial charge in [0.05, 0.1) is 0 Å². The predicted octanol–water partition coefficient (Wildman–Crippen LogP) is -0.487. The maximum absolute atomic E-state index is 10.3. The molecule has 25 heavy (non-hydrogen) atoms. The summed E-state index contributed by atoms with van der Waals surface area (Å²) in [5.41, 5.74) is 8.13. The minimum absolute atomic E-state index is 0.0362. The lowest BCUT2D eigenvalue weighted by Crippen LogP contribution is -3.28. The first-order valence-corrected chi connectivity index (χ1v) is 9.85. The molecule has 142 valence electrons. The topological polar surface area (TPSA) is 56.8 Å². The number of hydrogen-bond acceptors (Lipinski definition) is 1. The van der Waals surface area contributed by atoms with Crippen molar-refractivity contribution in [2.45, 2.75) is 58.9 Å². The van der Waals surface area contributed by atoms with Crippen LogP contribution in [-0.4, -0.2) is 44.4 Å². The fraction of sp³-hybridized carbons (Fsp3) is 0.714. The zero-order chi connectivity index (χ0) is 18.8. The molecule has 1 fully saturated rings. The van der Waals surface area contributed by atoms with Crippen LogP contribution in [0.1, 0.15) is 58.2 Å². The van der Waals surface area contributed by atoms with Crippen LogP contribution in [0.5, 0.6) is 5.75 Å². The molecule has 4 heteroatoms. The third-order valence-corrected chi connectivity index (χ3v) is 5.47. The molecular formula is C21H40N3O+3. The lowest BCUT2D eigenvalue weighted by Gasteiger charge is -2.34. The van der Waals surface area contributed by atoms with Crippen LogP contribution in [0.15, 0.2) is 12.1 Å². The number of aromatic hydroxyl groups is 1. The van der Waals surface area contributed by atoms with E-state index in [1.807, 2.05) is 12.1 Å². The molecule has 1 aliphatic heterocycles. The van der Waals surface area contributed by atoms with Crippen LogP contribution in [0, 0.1) is 0 Å². The Labute approximate surface area is 154 Å². The van der Waals surface area contributed by atoms with Gasteiger partial charge in [-0.3, -0.25) is 0 Å². The van der Waals surface area contributed by atoms with E-state index < -0.39 is 0 Å². The minimum atomic E-state index is 0.0362. The summed E-state index contributed by atoms with van der Waals surface area (Å²) in [5, 5.41) is 10.3. The largest absolute Gasteiger partial charge is 0.508 e. The normalized spacial score (nSPS) is 22.2. The zero-order valence-corrected chi connectivity index (χ0v) is 17.3. The SMILES string of the molecule is CC(C)(C)c1cc(O)cc(C(C)(C)C)c1C[NH+]1CC[NH+](CC[NH3+])CC1. The number of piperazine rings is 1. The van der Waals surface area contributed by atoms with E-state index in [9.17, 15) is 5.11 Å². The van der Waals surface area contributed by atoms with Crippen LogP contribution in [0.4, 0.5) is 0 Å². The van der Waals surface area contributed by atoms with Crippen molar-refractivity contribution in [3.8, 4) is 5.75 Å². The minimum Gasteiger partial charge on any atom is -0.508 e. The number of nitrogens with one attached hydrogen (secondary N) is 2. The van der Waals surface area contributed by atoms with E-state index in [1.165, 1.54) is 49.4 Å². The lowest BCUT2D eigenvalue weighted by atomic mass is 9.76. The molecule has 0 bridgehead atoms. The van der Waals surface area contributed by atoms with Gasteiger partial charge in [0.2, 0.25) is 0 Å². The Bertz CT molecular complexity index is 541. The Hall–Kier alpha value is -1.10. The summed E-state index contributed by atoms with van der Waals surface area (Å²) in [6, 6.07) is 3.99. The molecular weight excluding hydrogens is 310 g/mol. The van der Waals surface area contributed by atoms with Crippen molar-refractivity contribution >= 4 is 0 Å². The Morgan fingerprint density at radius 1 is 0.880 bits per heavy atom. The fourth-order valence-corrected chi connectivity index (χ4v) is 4.07. The van der Waals surface area contributed by atoms with Crippen LogP contribution in [0.2, 0.25) is 0 Å². The van der Waals surface area contributed by atoms with E-state index in [4.69, 9.17) is 0 Å². The second kappa shape index (κ2) is 7.65. The van der Waals surface area contributed by atoms with Crippen molar-refractivity contribution in [3.05, 3.63) is 28.8 Å². The molecule has 0 spiro atoms. The van der Waals surface area contributed by atoms with E-state index in [0.717, 1.165) is 13.1 Å². The molecule has 0 amide bonds. The van der Waals surface area contributed by atoms with Crippen molar-refractivity contribution in [2.24, 2.45) is 0 Å². The molecule has 0 aromatic heterocycles. The van der Waals surface area contributed by atoms with Gasteiger partial charge in [-0.15, -0.1) is 0 Å². The molecule has 0 atom stereocenters. The number of rotatable bonds is 4. The molecule has 0 aliphatic carbocycles. The maximum atomic E-state index is 10.3. The number of phenols is 1. The quantitative estimate of drug-likeness (QED) is 0.582. The average Bonchev–Trinajstić information content (AvgIpc) is 2.48. The van der Waals surface area contributed by atoms with Gasteiger partial charge in [0.1, 0.15) is 51.6 Å². The number of hydrogen-bond donors (Lipinski definition) is 4. The fourth-order valence-electron chi connectivity index (χ4n) is 4.07. The number of quaternary nitrogens is 3. The van der Waals surface area contributed by atoms with Gasteiger partial charge < -0.3 is 20.6 Å². The van der Waals surface area contributed by atoms with Crippen molar-refractivity contribution in [3.63, 3.8) is 0 Å². The molecule has 0 radical (unpaired) electrons. The second-order valence-electron chi connectivity index (χ2n) is 9.80. The summed E-state index contributed by atoms with van der Waals surface area (Å²) in [6.45, 7) is 21.8. The summed E-state index contributed by atoms with van der Waals surface area (Å²) in [4.78, 5) is 3.38. The lowest BCUT2D eigenvalue weighted by molar-refractivity contribution is -1.02. The Balaban J connectivity index is 2.32. The summed E-state index contributed by atoms with van der Waals surface area (Å²) in [6.07, 6.45) is 0. The third kappa shape index (κ3) is 5.19. The van der Waals surface area contributed by atoms with Crippen LogP contribution < -0.4 is 15.5 Å². The molecule has 1 saturated heterocycles.